The molecule has 5 rings (SSSR count). The van der Waals surface area contributed by atoms with E-state index in [-0.39, 0.29) is 6.54 Å². The van der Waals surface area contributed by atoms with Gasteiger partial charge in [-0.1, -0.05) is 11.3 Å². The SMILES string of the molecule is CC(C)(C)OC(=O)C1C=C(c2ccc(-c3ccc(N4C[C@H](Cn5ccnn5)OC4=O)cc3F)cn2)NO1. The van der Waals surface area contributed by atoms with Crippen molar-refractivity contribution in [2.45, 2.75) is 45.1 Å². The monoisotopic (exact) mass is 508 g/mol. The number of pyridine rings is 1. The van der Waals surface area contributed by atoms with E-state index in [1.807, 2.05) is 0 Å². The molecule has 1 aromatic carbocycles. The van der Waals surface area contributed by atoms with Crippen LogP contribution >= 0.6 is 0 Å². The number of anilines is 1. The summed E-state index contributed by atoms with van der Waals surface area (Å²) in [5.41, 5.74) is 4.34. The highest BCUT2D eigenvalue weighted by atomic mass is 19.1. The van der Waals surface area contributed by atoms with Gasteiger partial charge in [-0.05, 0) is 51.1 Å². The van der Waals surface area contributed by atoms with E-state index in [1.165, 1.54) is 17.2 Å². The first-order chi connectivity index (χ1) is 17.7. The van der Waals surface area contributed by atoms with Crippen LogP contribution in [0.3, 0.4) is 0 Å². The standard InChI is InChI=1S/C25H25FN6O5/c1-25(2,3)36-23(33)22-11-21(29-37-22)20-7-4-15(12-27-20)18-6-5-16(10-19(18)26)32-14-17(35-24(32)34)13-31-9-8-28-30-31/h4-12,17,22,29H,13-14H2,1-3H3/t17-,22?/m0/s1. The Hall–Kier alpha value is -4.32. The van der Waals surface area contributed by atoms with Crippen LogP contribution in [0, 0.1) is 5.82 Å². The van der Waals surface area contributed by atoms with Gasteiger partial charge in [0.25, 0.3) is 0 Å². The molecule has 1 N–H and O–H groups in total. The Morgan fingerprint density at radius 3 is 2.78 bits per heavy atom. The molecule has 1 saturated heterocycles. The fraction of sp³-hybridized carbons (Fsp3) is 0.320. The lowest BCUT2D eigenvalue weighted by atomic mass is 10.1. The number of hydrogen-bond acceptors (Lipinski definition) is 9. The minimum Gasteiger partial charge on any atom is -0.458 e. The molecule has 192 valence electrons. The molecular weight excluding hydrogens is 483 g/mol. The predicted octanol–water partition coefficient (Wildman–Crippen LogP) is 3.09. The molecule has 3 aromatic rings. The summed E-state index contributed by atoms with van der Waals surface area (Å²) in [6.07, 6.45) is 4.45. The minimum absolute atomic E-state index is 0.266. The average Bonchev–Trinajstić information content (AvgIpc) is 3.60. The van der Waals surface area contributed by atoms with Gasteiger partial charge in [-0.25, -0.2) is 18.7 Å². The highest BCUT2D eigenvalue weighted by molar-refractivity contribution is 5.90. The Labute approximate surface area is 211 Å². The molecule has 1 fully saturated rings. The van der Waals surface area contributed by atoms with Crippen molar-refractivity contribution in [3.63, 3.8) is 0 Å². The number of halogens is 1. The summed E-state index contributed by atoms with van der Waals surface area (Å²) < 4.78 is 27.4. The van der Waals surface area contributed by atoms with Crippen LogP contribution in [0.2, 0.25) is 0 Å². The van der Waals surface area contributed by atoms with E-state index in [1.54, 1.807) is 68.2 Å². The molecule has 2 aliphatic rings. The summed E-state index contributed by atoms with van der Waals surface area (Å²) in [6, 6.07) is 7.94. The number of nitrogens with one attached hydrogen (secondary N) is 1. The van der Waals surface area contributed by atoms with Crippen LogP contribution in [0.1, 0.15) is 26.5 Å². The molecular formula is C25H25FN6O5. The fourth-order valence-electron chi connectivity index (χ4n) is 3.94. The van der Waals surface area contributed by atoms with Gasteiger partial charge in [0.05, 0.1) is 36.4 Å². The van der Waals surface area contributed by atoms with Crippen LogP contribution < -0.4 is 10.4 Å². The molecule has 4 heterocycles. The van der Waals surface area contributed by atoms with Gasteiger partial charge < -0.3 is 9.47 Å². The Morgan fingerprint density at radius 1 is 1.27 bits per heavy atom. The lowest BCUT2D eigenvalue weighted by Crippen LogP contribution is -2.32. The van der Waals surface area contributed by atoms with Crippen molar-refractivity contribution < 1.29 is 28.3 Å². The molecule has 0 bridgehead atoms. The lowest BCUT2D eigenvalue weighted by molar-refractivity contribution is -0.166. The van der Waals surface area contributed by atoms with Gasteiger partial charge >= 0.3 is 12.1 Å². The zero-order valence-corrected chi connectivity index (χ0v) is 20.4. The van der Waals surface area contributed by atoms with E-state index in [2.05, 4.69) is 20.8 Å². The molecule has 0 radical (unpaired) electrons. The van der Waals surface area contributed by atoms with E-state index in [0.717, 1.165) is 0 Å². The largest absolute Gasteiger partial charge is 0.458 e. The maximum Gasteiger partial charge on any atom is 0.414 e. The van der Waals surface area contributed by atoms with E-state index in [0.29, 0.717) is 34.8 Å². The van der Waals surface area contributed by atoms with Gasteiger partial charge in [-0.3, -0.25) is 20.2 Å². The highest BCUT2D eigenvalue weighted by Gasteiger charge is 2.33. The van der Waals surface area contributed by atoms with Crippen molar-refractivity contribution in [1.82, 2.24) is 25.5 Å². The number of hydroxylamine groups is 1. The number of ether oxygens (including phenoxy) is 2. The number of carbonyl (C=O) groups excluding carboxylic acids is 2. The number of carbonyl (C=O) groups is 2. The molecule has 1 amide bonds. The summed E-state index contributed by atoms with van der Waals surface area (Å²) >= 11 is 0. The molecule has 2 atom stereocenters. The first kappa shape index (κ1) is 24.4. The summed E-state index contributed by atoms with van der Waals surface area (Å²) in [6.45, 7) is 5.95. The average molecular weight is 509 g/mol. The second kappa shape index (κ2) is 9.62. The third-order valence-electron chi connectivity index (χ3n) is 5.60. The predicted molar refractivity (Wildman–Crippen MR) is 129 cm³/mol. The van der Waals surface area contributed by atoms with Crippen molar-refractivity contribution in [3.05, 3.63) is 66.5 Å². The molecule has 37 heavy (non-hydrogen) atoms. The Bertz CT molecular complexity index is 1340. The molecule has 1 unspecified atom stereocenters. The van der Waals surface area contributed by atoms with Crippen LogP contribution in [0.4, 0.5) is 14.9 Å². The zero-order valence-electron chi connectivity index (χ0n) is 20.4. The molecule has 2 aliphatic heterocycles. The molecule has 12 heteroatoms. The van der Waals surface area contributed by atoms with Crippen LogP contribution in [0.5, 0.6) is 0 Å². The number of esters is 1. The van der Waals surface area contributed by atoms with E-state index in [4.69, 9.17) is 14.3 Å². The van der Waals surface area contributed by atoms with Gasteiger partial charge in [0, 0.05) is 23.5 Å². The summed E-state index contributed by atoms with van der Waals surface area (Å²) in [5.74, 6) is -1.02. The van der Waals surface area contributed by atoms with Gasteiger partial charge in [0.15, 0.2) is 0 Å². The third-order valence-corrected chi connectivity index (χ3v) is 5.60. The maximum atomic E-state index is 15.1. The van der Waals surface area contributed by atoms with E-state index >= 15 is 4.39 Å². The Morgan fingerprint density at radius 2 is 2.11 bits per heavy atom. The number of rotatable bonds is 6. The maximum absolute atomic E-state index is 15.1. The zero-order chi connectivity index (χ0) is 26.2. The number of nitrogens with zero attached hydrogens (tertiary/aromatic N) is 5. The topological polar surface area (TPSA) is 121 Å². The molecule has 0 saturated carbocycles. The van der Waals surface area contributed by atoms with Crippen molar-refractivity contribution in [2.24, 2.45) is 0 Å². The first-order valence-corrected chi connectivity index (χ1v) is 11.6. The van der Waals surface area contributed by atoms with E-state index < -0.39 is 35.7 Å². The molecule has 11 nitrogen and oxygen atoms in total. The van der Waals surface area contributed by atoms with Gasteiger partial charge in [-0.15, -0.1) is 5.10 Å². The van der Waals surface area contributed by atoms with Gasteiger partial charge in [0.2, 0.25) is 6.10 Å². The third kappa shape index (κ3) is 5.43. The van der Waals surface area contributed by atoms with Crippen molar-refractivity contribution in [1.29, 1.82) is 0 Å². The number of benzene rings is 1. The molecule has 0 spiro atoms. The van der Waals surface area contributed by atoms with Crippen molar-refractivity contribution in [3.8, 4) is 11.1 Å². The minimum atomic E-state index is -0.895. The summed E-state index contributed by atoms with van der Waals surface area (Å²) in [5, 5.41) is 7.61. The first-order valence-electron chi connectivity index (χ1n) is 11.6. The Kier molecular flexibility index (Phi) is 6.34. The van der Waals surface area contributed by atoms with Gasteiger partial charge in [0.1, 0.15) is 17.5 Å². The van der Waals surface area contributed by atoms with Crippen molar-refractivity contribution >= 4 is 23.4 Å². The quantitative estimate of drug-likeness (QED) is 0.501. The lowest BCUT2D eigenvalue weighted by Gasteiger charge is -2.20. The second-order valence-corrected chi connectivity index (χ2v) is 9.59. The highest BCUT2D eigenvalue weighted by Crippen LogP contribution is 2.30. The van der Waals surface area contributed by atoms with Crippen LogP contribution in [-0.4, -0.2) is 56.4 Å². The number of cyclic esters (lactones) is 1. The van der Waals surface area contributed by atoms with Crippen molar-refractivity contribution in [2.75, 3.05) is 11.4 Å². The van der Waals surface area contributed by atoms with Gasteiger partial charge in [-0.2, -0.15) is 0 Å². The normalized spacial score (nSPS) is 19.4. The number of amides is 1. The van der Waals surface area contributed by atoms with E-state index in [9.17, 15) is 9.59 Å². The van der Waals surface area contributed by atoms with Crippen LogP contribution in [0.25, 0.3) is 16.8 Å². The second-order valence-electron chi connectivity index (χ2n) is 9.59. The fourth-order valence-corrected chi connectivity index (χ4v) is 3.94. The summed E-state index contributed by atoms with van der Waals surface area (Å²) in [4.78, 5) is 35.6. The molecule has 0 aliphatic carbocycles. The van der Waals surface area contributed by atoms with Crippen LogP contribution in [-0.2, 0) is 25.7 Å². The molecule has 2 aromatic heterocycles. The van der Waals surface area contributed by atoms with Crippen LogP contribution in [0.15, 0.2) is 55.0 Å². The number of aromatic nitrogens is 4. The number of hydrogen-bond donors (Lipinski definition) is 1. The summed E-state index contributed by atoms with van der Waals surface area (Å²) in [7, 11) is 0. The smallest absolute Gasteiger partial charge is 0.414 e. The Balaban J connectivity index is 1.26.